The van der Waals surface area contributed by atoms with E-state index in [1.807, 2.05) is 0 Å². The monoisotopic (exact) mass is 566 g/mol. The molecule has 6 atom stereocenters. The first-order valence-electron chi connectivity index (χ1n) is 10.1. The van der Waals surface area contributed by atoms with E-state index in [-0.39, 0.29) is 0 Å². The first-order chi connectivity index (χ1) is 17.2. The van der Waals surface area contributed by atoms with Crippen molar-refractivity contribution in [2.45, 2.75) is 76.7 Å². The Morgan fingerprint density at radius 1 is 0.500 bits per heavy atom. The minimum atomic E-state index is -5.76. The Morgan fingerprint density at radius 2 is 0.737 bits per heavy atom. The topological polar surface area (TPSA) is 158 Å². The Morgan fingerprint density at radius 3 is 0.947 bits per heavy atom. The predicted octanol–water partition coefficient (Wildman–Crippen LogP) is 1.23. The van der Waals surface area contributed by atoms with Crippen LogP contribution in [0.15, 0.2) is 12.2 Å². The molecule has 0 amide bonds. The zero-order chi connectivity index (χ0) is 29.7. The zero-order valence-electron chi connectivity index (χ0n) is 19.8. The predicted molar refractivity (Wildman–Crippen MR) is 103 cm³/mol. The highest BCUT2D eigenvalue weighted by Crippen LogP contribution is 2.36. The highest BCUT2D eigenvalue weighted by atomic mass is 19.4. The lowest BCUT2D eigenvalue weighted by molar-refractivity contribution is -0.274. The Labute approximate surface area is 209 Å². The smallest absolute Gasteiger partial charge is 0.454 e. The maximum Gasteiger partial charge on any atom is 0.490 e. The van der Waals surface area contributed by atoms with Crippen molar-refractivity contribution < 1.29 is 83.5 Å². The maximum absolute atomic E-state index is 13.0. The number of rotatable bonds is 7. The fraction of sp³-hybridized carbons (Fsp3) is 0.600. The number of alkyl halides is 6. The molecular formula is C20H20F6O12. The summed E-state index contributed by atoms with van der Waals surface area (Å²) in [7, 11) is 0. The van der Waals surface area contributed by atoms with Gasteiger partial charge in [-0.3, -0.25) is 14.4 Å². The summed E-state index contributed by atoms with van der Waals surface area (Å²) in [6, 6.07) is 0. The molecule has 1 saturated carbocycles. The first-order valence-corrected chi connectivity index (χ1v) is 10.1. The number of hydrogen-bond acceptors (Lipinski definition) is 12. The standard InChI is InChI=1S/C20H20F6O12/c1-6(2)16(30)36-13-10(33-7(3)27)11(34-8(4)28)14(37-17(31)19(21,22)23)12(35-9(5)29)15(13)38-18(32)20(24,25)26/h10-15H,1H2,2-5H3. The normalized spacial score (nSPS) is 25.3. The number of esters is 6. The molecule has 1 aliphatic carbocycles. The number of hydrogen-bond donors (Lipinski definition) is 0. The Balaban J connectivity index is 3.94. The van der Waals surface area contributed by atoms with Crippen molar-refractivity contribution in [2.75, 3.05) is 0 Å². The van der Waals surface area contributed by atoms with Gasteiger partial charge in [0.1, 0.15) is 0 Å². The van der Waals surface area contributed by atoms with E-state index in [0.29, 0.717) is 20.8 Å². The largest absolute Gasteiger partial charge is 0.490 e. The molecule has 0 radical (unpaired) electrons. The average Bonchev–Trinajstić information content (AvgIpc) is 2.72. The second kappa shape index (κ2) is 12.1. The molecule has 0 N–H and O–H groups in total. The van der Waals surface area contributed by atoms with Gasteiger partial charge >= 0.3 is 48.2 Å². The van der Waals surface area contributed by atoms with E-state index in [4.69, 9.17) is 18.9 Å². The molecule has 18 heteroatoms. The molecule has 6 unspecified atom stereocenters. The van der Waals surface area contributed by atoms with Gasteiger partial charge in [0.2, 0.25) is 0 Å². The summed E-state index contributed by atoms with van der Waals surface area (Å²) >= 11 is 0. The summed E-state index contributed by atoms with van der Waals surface area (Å²) in [4.78, 5) is 70.8. The molecule has 214 valence electrons. The van der Waals surface area contributed by atoms with E-state index in [1.54, 1.807) is 0 Å². The molecule has 1 aliphatic rings. The fourth-order valence-electron chi connectivity index (χ4n) is 3.11. The van der Waals surface area contributed by atoms with Crippen LogP contribution >= 0.6 is 0 Å². The van der Waals surface area contributed by atoms with Crippen LogP contribution in [0, 0.1) is 0 Å². The quantitative estimate of drug-likeness (QED) is 0.188. The van der Waals surface area contributed by atoms with E-state index in [9.17, 15) is 55.1 Å². The molecule has 38 heavy (non-hydrogen) atoms. The molecule has 1 fully saturated rings. The highest BCUT2D eigenvalue weighted by Gasteiger charge is 2.63. The molecular weight excluding hydrogens is 546 g/mol. The number of carbonyl (C=O) groups excluding carboxylic acids is 6. The summed E-state index contributed by atoms with van der Waals surface area (Å²) < 4.78 is 106. The van der Waals surface area contributed by atoms with Crippen LogP contribution in [-0.4, -0.2) is 84.8 Å². The van der Waals surface area contributed by atoms with Gasteiger partial charge in [0.15, 0.2) is 36.6 Å². The molecule has 0 saturated heterocycles. The Hall–Kier alpha value is -3.86. The van der Waals surface area contributed by atoms with Crippen LogP contribution in [0.4, 0.5) is 26.3 Å². The van der Waals surface area contributed by atoms with Crippen molar-refractivity contribution in [2.24, 2.45) is 0 Å². The molecule has 0 aliphatic heterocycles. The Bertz CT molecular complexity index is 988. The lowest BCUT2D eigenvalue weighted by atomic mass is 9.83. The van der Waals surface area contributed by atoms with Crippen molar-refractivity contribution in [1.82, 2.24) is 0 Å². The van der Waals surface area contributed by atoms with Gasteiger partial charge in [-0.05, 0) is 6.92 Å². The minimum Gasteiger partial charge on any atom is -0.454 e. The van der Waals surface area contributed by atoms with Crippen LogP contribution in [0.25, 0.3) is 0 Å². The Kier molecular flexibility index (Phi) is 10.3. The van der Waals surface area contributed by atoms with E-state index >= 15 is 0 Å². The SMILES string of the molecule is C=C(C)C(=O)OC1C(OC(C)=O)C(OC(C)=O)C(OC(=O)C(F)(F)F)C(OC(C)=O)C1OC(=O)C(F)(F)F. The van der Waals surface area contributed by atoms with Gasteiger partial charge in [-0.15, -0.1) is 0 Å². The second-order valence-electron chi connectivity index (χ2n) is 7.61. The van der Waals surface area contributed by atoms with Crippen LogP contribution in [-0.2, 0) is 57.2 Å². The lowest BCUT2D eigenvalue weighted by Crippen LogP contribution is -2.69. The van der Waals surface area contributed by atoms with Gasteiger partial charge in [0.05, 0.1) is 0 Å². The number of halogens is 6. The van der Waals surface area contributed by atoms with Gasteiger partial charge < -0.3 is 28.4 Å². The number of ether oxygens (including phenoxy) is 6. The van der Waals surface area contributed by atoms with Gasteiger partial charge in [-0.2, -0.15) is 26.3 Å². The van der Waals surface area contributed by atoms with Crippen LogP contribution in [0.5, 0.6) is 0 Å². The summed E-state index contributed by atoms with van der Waals surface area (Å²) in [6.07, 6.45) is -26.8. The fourth-order valence-corrected chi connectivity index (χ4v) is 3.11. The molecule has 0 spiro atoms. The maximum atomic E-state index is 13.0. The van der Waals surface area contributed by atoms with Gasteiger partial charge in [-0.25, -0.2) is 14.4 Å². The molecule has 0 aromatic heterocycles. The summed E-state index contributed by atoms with van der Waals surface area (Å²) in [5, 5.41) is 0. The molecule has 0 aromatic rings. The third-order valence-electron chi connectivity index (χ3n) is 4.39. The van der Waals surface area contributed by atoms with E-state index < -0.39 is 90.4 Å². The van der Waals surface area contributed by atoms with Crippen LogP contribution < -0.4 is 0 Å². The molecule has 0 bridgehead atoms. The van der Waals surface area contributed by atoms with Crippen LogP contribution in [0.1, 0.15) is 27.7 Å². The van der Waals surface area contributed by atoms with Gasteiger partial charge in [-0.1, -0.05) is 6.58 Å². The van der Waals surface area contributed by atoms with Gasteiger partial charge in [0, 0.05) is 26.3 Å². The minimum absolute atomic E-state index is 0.425. The summed E-state index contributed by atoms with van der Waals surface area (Å²) in [6.45, 7) is 6.24. The molecule has 12 nitrogen and oxygen atoms in total. The van der Waals surface area contributed by atoms with Crippen molar-refractivity contribution in [3.05, 3.63) is 12.2 Å². The van der Waals surface area contributed by atoms with Crippen LogP contribution in [0.3, 0.4) is 0 Å². The average molecular weight is 566 g/mol. The summed E-state index contributed by atoms with van der Waals surface area (Å²) in [5.41, 5.74) is -0.425. The third-order valence-corrected chi connectivity index (χ3v) is 4.39. The summed E-state index contributed by atoms with van der Waals surface area (Å²) in [5.74, 6) is -11.6. The highest BCUT2D eigenvalue weighted by molar-refractivity contribution is 5.87. The van der Waals surface area contributed by atoms with E-state index in [0.717, 1.165) is 6.92 Å². The molecule has 0 aromatic carbocycles. The third kappa shape index (κ3) is 8.62. The van der Waals surface area contributed by atoms with Crippen molar-refractivity contribution >= 4 is 35.8 Å². The van der Waals surface area contributed by atoms with Crippen molar-refractivity contribution in [3.8, 4) is 0 Å². The first kappa shape index (κ1) is 32.2. The van der Waals surface area contributed by atoms with E-state index in [2.05, 4.69) is 16.1 Å². The second-order valence-corrected chi connectivity index (χ2v) is 7.61. The van der Waals surface area contributed by atoms with Crippen molar-refractivity contribution in [3.63, 3.8) is 0 Å². The van der Waals surface area contributed by atoms with Crippen LogP contribution in [0.2, 0.25) is 0 Å². The molecule has 0 heterocycles. The van der Waals surface area contributed by atoms with E-state index in [1.165, 1.54) is 0 Å². The number of carbonyl (C=O) groups is 6. The van der Waals surface area contributed by atoms with Crippen molar-refractivity contribution in [1.29, 1.82) is 0 Å². The van der Waals surface area contributed by atoms with Gasteiger partial charge in [0.25, 0.3) is 0 Å². The lowest BCUT2D eigenvalue weighted by Gasteiger charge is -2.47. The molecule has 1 rings (SSSR count). The zero-order valence-corrected chi connectivity index (χ0v) is 19.8.